The molecule has 0 radical (unpaired) electrons. The number of ether oxygens (including phenoxy) is 3. The Bertz CT molecular complexity index is 491. The summed E-state index contributed by atoms with van der Waals surface area (Å²) < 4.78 is 16.1. The Balaban J connectivity index is 2.16. The molecule has 6 heteroatoms. The number of hydrogen-bond donors (Lipinski definition) is 1. The first-order chi connectivity index (χ1) is 10.2. The van der Waals surface area contributed by atoms with Crippen LogP contribution in [0.5, 0.6) is 11.5 Å². The Morgan fingerprint density at radius 3 is 2.95 bits per heavy atom. The van der Waals surface area contributed by atoms with Crippen molar-refractivity contribution in [3.8, 4) is 11.5 Å². The fourth-order valence-electron chi connectivity index (χ4n) is 2.27. The summed E-state index contributed by atoms with van der Waals surface area (Å²) in [5, 5.41) is 9.14. The molecule has 0 aliphatic carbocycles. The Hall–Kier alpha value is -1.79. The summed E-state index contributed by atoms with van der Waals surface area (Å²) >= 11 is 0. The first-order valence-electron chi connectivity index (χ1n) is 7.02. The molecule has 116 valence electrons. The van der Waals surface area contributed by atoms with Crippen LogP contribution >= 0.6 is 0 Å². The molecule has 1 aromatic carbocycles. The molecule has 1 heterocycles. The number of morpholine rings is 1. The Labute approximate surface area is 124 Å². The van der Waals surface area contributed by atoms with Gasteiger partial charge >= 0.3 is 0 Å². The van der Waals surface area contributed by atoms with Gasteiger partial charge in [-0.25, -0.2) is 0 Å². The molecule has 1 saturated heterocycles. The minimum absolute atomic E-state index is 0.0867. The number of carbonyl (C=O) groups excluding carboxylic acids is 1. The summed E-state index contributed by atoms with van der Waals surface area (Å²) in [4.78, 5) is 14.2. The van der Waals surface area contributed by atoms with Crippen LogP contribution in [0.1, 0.15) is 17.3 Å². The van der Waals surface area contributed by atoms with Gasteiger partial charge in [-0.1, -0.05) is 0 Å². The predicted octanol–water partition coefficient (Wildman–Crippen LogP) is 0.927. The van der Waals surface area contributed by atoms with Crippen LogP contribution in [0.25, 0.3) is 0 Å². The van der Waals surface area contributed by atoms with Gasteiger partial charge in [-0.2, -0.15) is 0 Å². The van der Waals surface area contributed by atoms with E-state index in [1.807, 2.05) is 6.92 Å². The predicted molar refractivity (Wildman–Crippen MR) is 76.9 cm³/mol. The second kappa shape index (κ2) is 7.28. The molecule has 0 bridgehead atoms. The number of benzene rings is 1. The standard InChI is InChI=1S/C15H21NO5/c1-3-20-14-8-11(4-5-13(14)19-2)15(18)16-6-7-21-12(9-16)10-17/h4-5,8,12,17H,3,6-7,9-10H2,1-2H3. The molecular weight excluding hydrogens is 274 g/mol. The molecule has 6 nitrogen and oxygen atoms in total. The van der Waals surface area contributed by atoms with Crippen LogP contribution in [0.2, 0.25) is 0 Å². The second-order valence-electron chi connectivity index (χ2n) is 4.73. The maximum Gasteiger partial charge on any atom is 0.254 e. The largest absolute Gasteiger partial charge is 0.493 e. The third kappa shape index (κ3) is 3.65. The van der Waals surface area contributed by atoms with Crippen molar-refractivity contribution in [3.63, 3.8) is 0 Å². The van der Waals surface area contributed by atoms with Crippen LogP contribution < -0.4 is 9.47 Å². The number of aliphatic hydroxyl groups is 1. The Morgan fingerprint density at radius 2 is 2.29 bits per heavy atom. The smallest absolute Gasteiger partial charge is 0.254 e. The summed E-state index contributed by atoms with van der Waals surface area (Å²) in [5.74, 6) is 1.06. The highest BCUT2D eigenvalue weighted by Gasteiger charge is 2.25. The van der Waals surface area contributed by atoms with E-state index in [1.165, 1.54) is 0 Å². The highest BCUT2D eigenvalue weighted by Crippen LogP contribution is 2.28. The fraction of sp³-hybridized carbons (Fsp3) is 0.533. The lowest BCUT2D eigenvalue weighted by Gasteiger charge is -2.32. The summed E-state index contributed by atoms with van der Waals surface area (Å²) in [6.07, 6.45) is -0.313. The molecule has 1 unspecified atom stereocenters. The molecule has 1 fully saturated rings. The van der Waals surface area contributed by atoms with E-state index < -0.39 is 0 Å². The van der Waals surface area contributed by atoms with Gasteiger partial charge < -0.3 is 24.2 Å². The average Bonchev–Trinajstić information content (AvgIpc) is 2.54. The van der Waals surface area contributed by atoms with E-state index in [2.05, 4.69) is 0 Å². The van der Waals surface area contributed by atoms with E-state index in [4.69, 9.17) is 19.3 Å². The van der Waals surface area contributed by atoms with E-state index in [9.17, 15) is 4.79 Å². The first kappa shape index (κ1) is 15.6. The molecule has 1 N–H and O–H groups in total. The van der Waals surface area contributed by atoms with Crippen molar-refractivity contribution in [2.45, 2.75) is 13.0 Å². The summed E-state index contributed by atoms with van der Waals surface area (Å²) in [6.45, 7) is 3.64. The lowest BCUT2D eigenvalue weighted by Crippen LogP contribution is -2.46. The van der Waals surface area contributed by atoms with Crippen molar-refractivity contribution in [3.05, 3.63) is 23.8 Å². The molecule has 0 saturated carbocycles. The fourth-order valence-corrected chi connectivity index (χ4v) is 2.27. The van der Waals surface area contributed by atoms with Gasteiger partial charge in [0.05, 0.1) is 33.0 Å². The topological polar surface area (TPSA) is 68.2 Å². The molecule has 1 atom stereocenters. The van der Waals surface area contributed by atoms with Crippen LogP contribution in [0, 0.1) is 0 Å². The molecule has 1 aliphatic rings. The van der Waals surface area contributed by atoms with Crippen molar-refractivity contribution < 1.29 is 24.1 Å². The highest BCUT2D eigenvalue weighted by molar-refractivity contribution is 5.95. The van der Waals surface area contributed by atoms with Gasteiger partial charge in [0, 0.05) is 18.7 Å². The van der Waals surface area contributed by atoms with E-state index >= 15 is 0 Å². The Kier molecular flexibility index (Phi) is 5.41. The monoisotopic (exact) mass is 295 g/mol. The van der Waals surface area contributed by atoms with Gasteiger partial charge in [0.1, 0.15) is 0 Å². The lowest BCUT2D eigenvalue weighted by atomic mass is 10.1. The minimum atomic E-state index is -0.313. The Morgan fingerprint density at radius 1 is 1.48 bits per heavy atom. The summed E-state index contributed by atoms with van der Waals surface area (Å²) in [5.41, 5.74) is 0.540. The summed E-state index contributed by atoms with van der Waals surface area (Å²) in [7, 11) is 1.56. The van der Waals surface area contributed by atoms with Gasteiger partial charge in [-0.3, -0.25) is 4.79 Å². The van der Waals surface area contributed by atoms with Gasteiger partial charge in [-0.15, -0.1) is 0 Å². The van der Waals surface area contributed by atoms with Crippen LogP contribution in [0.15, 0.2) is 18.2 Å². The van der Waals surface area contributed by atoms with Crippen molar-refractivity contribution in [1.29, 1.82) is 0 Å². The molecule has 1 aromatic rings. The van der Waals surface area contributed by atoms with Crippen LogP contribution in [0.4, 0.5) is 0 Å². The third-order valence-electron chi connectivity index (χ3n) is 3.34. The van der Waals surface area contributed by atoms with Crippen LogP contribution in [-0.2, 0) is 4.74 Å². The quantitative estimate of drug-likeness (QED) is 0.875. The van der Waals surface area contributed by atoms with E-state index in [1.54, 1.807) is 30.2 Å². The lowest BCUT2D eigenvalue weighted by molar-refractivity contribution is -0.0447. The zero-order chi connectivity index (χ0) is 15.2. The highest BCUT2D eigenvalue weighted by atomic mass is 16.5. The van der Waals surface area contributed by atoms with Gasteiger partial charge in [0.2, 0.25) is 0 Å². The molecule has 1 aliphatic heterocycles. The molecule has 0 aromatic heterocycles. The molecule has 21 heavy (non-hydrogen) atoms. The van der Waals surface area contributed by atoms with Gasteiger partial charge in [-0.05, 0) is 25.1 Å². The van der Waals surface area contributed by atoms with E-state index in [-0.39, 0.29) is 18.6 Å². The maximum absolute atomic E-state index is 12.5. The minimum Gasteiger partial charge on any atom is -0.493 e. The maximum atomic E-state index is 12.5. The van der Waals surface area contributed by atoms with Crippen molar-refractivity contribution in [2.75, 3.05) is 40.0 Å². The second-order valence-corrected chi connectivity index (χ2v) is 4.73. The number of hydrogen-bond acceptors (Lipinski definition) is 5. The van der Waals surface area contributed by atoms with E-state index in [0.29, 0.717) is 43.4 Å². The van der Waals surface area contributed by atoms with Crippen LogP contribution in [-0.4, -0.2) is 62.0 Å². The number of carbonyl (C=O) groups is 1. The molecule has 2 rings (SSSR count). The first-order valence-corrected chi connectivity index (χ1v) is 7.02. The number of aliphatic hydroxyl groups excluding tert-OH is 1. The van der Waals surface area contributed by atoms with E-state index in [0.717, 1.165) is 0 Å². The van der Waals surface area contributed by atoms with Crippen molar-refractivity contribution in [1.82, 2.24) is 4.90 Å². The zero-order valence-electron chi connectivity index (χ0n) is 12.4. The van der Waals surface area contributed by atoms with Crippen molar-refractivity contribution in [2.24, 2.45) is 0 Å². The SMILES string of the molecule is CCOc1cc(C(=O)N2CCOC(CO)C2)ccc1OC. The zero-order valence-corrected chi connectivity index (χ0v) is 12.4. The molecular formula is C15H21NO5. The number of methoxy groups -OCH3 is 1. The molecule has 0 spiro atoms. The van der Waals surface area contributed by atoms with Crippen molar-refractivity contribution >= 4 is 5.91 Å². The molecule has 1 amide bonds. The van der Waals surface area contributed by atoms with Crippen LogP contribution in [0.3, 0.4) is 0 Å². The van der Waals surface area contributed by atoms with Gasteiger partial charge in [0.25, 0.3) is 5.91 Å². The third-order valence-corrected chi connectivity index (χ3v) is 3.34. The van der Waals surface area contributed by atoms with Gasteiger partial charge in [0.15, 0.2) is 11.5 Å². The average molecular weight is 295 g/mol. The number of rotatable bonds is 5. The normalized spacial score (nSPS) is 18.4. The number of nitrogens with zero attached hydrogens (tertiary/aromatic N) is 1. The summed E-state index contributed by atoms with van der Waals surface area (Å²) in [6, 6.07) is 5.13. The number of amides is 1.